The summed E-state index contributed by atoms with van der Waals surface area (Å²) in [5, 5.41) is 4.27. The number of methoxy groups -OCH3 is 1. The van der Waals surface area contributed by atoms with Crippen molar-refractivity contribution in [3.8, 4) is 5.75 Å². The number of nitrogens with one attached hydrogen (secondary N) is 2. The predicted molar refractivity (Wildman–Crippen MR) is 186 cm³/mol. The predicted octanol–water partition coefficient (Wildman–Crippen LogP) is 7.34. The van der Waals surface area contributed by atoms with Crippen LogP contribution >= 0.6 is 23.2 Å². The van der Waals surface area contributed by atoms with Crippen LogP contribution in [0.5, 0.6) is 5.75 Å². The molecule has 0 radical (unpaired) electrons. The summed E-state index contributed by atoms with van der Waals surface area (Å²) >= 11 is 13.1. The number of likely N-dealkylation sites (N-methyl/N-ethyl adjacent to an activating group) is 1. The van der Waals surface area contributed by atoms with E-state index in [9.17, 15) is 9.59 Å². The van der Waals surface area contributed by atoms with Crippen molar-refractivity contribution >= 4 is 35.0 Å². The second kappa shape index (κ2) is 15.7. The van der Waals surface area contributed by atoms with Gasteiger partial charge in [0.05, 0.1) is 18.6 Å². The minimum absolute atomic E-state index is 0.0613. The van der Waals surface area contributed by atoms with Crippen molar-refractivity contribution in [1.82, 2.24) is 15.7 Å². The van der Waals surface area contributed by atoms with Crippen LogP contribution in [0.1, 0.15) is 78.5 Å². The molecule has 0 unspecified atom stereocenters. The second-order valence-electron chi connectivity index (χ2n) is 12.6. The first-order chi connectivity index (χ1) is 23.0. The number of hydroxylamine groups is 1. The lowest BCUT2D eigenvalue weighted by atomic mass is 9.76. The van der Waals surface area contributed by atoms with E-state index < -0.39 is 23.7 Å². The van der Waals surface area contributed by atoms with Crippen LogP contribution in [-0.2, 0) is 25.7 Å². The molecular formula is C37H43Cl2N3O6. The Bertz CT molecular complexity index is 1630. The number of fused-ring (bicyclic) bond motifs is 1. The summed E-state index contributed by atoms with van der Waals surface area (Å²) in [7, 11) is 3.47. The number of hydrogen-bond acceptors (Lipinski definition) is 7. The van der Waals surface area contributed by atoms with Gasteiger partial charge in [-0.25, -0.2) is 5.48 Å². The first-order valence-electron chi connectivity index (χ1n) is 16.1. The molecule has 1 heterocycles. The van der Waals surface area contributed by atoms with Crippen LogP contribution in [0.15, 0.2) is 79.1 Å². The van der Waals surface area contributed by atoms with E-state index in [1.807, 2.05) is 60.5 Å². The maximum atomic E-state index is 14.4. The Morgan fingerprint density at radius 2 is 1.79 bits per heavy atom. The highest BCUT2D eigenvalue weighted by atomic mass is 35.5. The Balaban J connectivity index is 1.39. The topological polar surface area (TPSA) is 98.4 Å². The molecule has 0 saturated heterocycles. The van der Waals surface area contributed by atoms with E-state index in [1.165, 1.54) is 0 Å². The molecule has 0 spiro atoms. The average Bonchev–Trinajstić information content (AvgIpc) is 3.07. The highest BCUT2D eigenvalue weighted by molar-refractivity contribution is 6.35. The van der Waals surface area contributed by atoms with E-state index in [0.717, 1.165) is 31.2 Å². The monoisotopic (exact) mass is 695 g/mol. The van der Waals surface area contributed by atoms with Crippen molar-refractivity contribution < 1.29 is 28.6 Å². The van der Waals surface area contributed by atoms with Crippen molar-refractivity contribution in [2.45, 2.75) is 76.0 Å². The Kier molecular flexibility index (Phi) is 11.7. The maximum absolute atomic E-state index is 14.4. The number of amides is 2. The van der Waals surface area contributed by atoms with Gasteiger partial charge in [-0.15, -0.1) is 0 Å². The van der Waals surface area contributed by atoms with Gasteiger partial charge in [-0.2, -0.15) is 0 Å². The zero-order valence-electron chi connectivity index (χ0n) is 27.8. The molecular weight excluding hydrogens is 653 g/mol. The van der Waals surface area contributed by atoms with Crippen LogP contribution in [0.25, 0.3) is 0 Å². The lowest BCUT2D eigenvalue weighted by Crippen LogP contribution is -2.58. The van der Waals surface area contributed by atoms with E-state index in [1.54, 1.807) is 39.2 Å². The SMILES string of the molecule is C=C(COc1cccc(CONC(=O)[C@@H]2c3ccccc3C(=O)N([C@H]3CCCC[C@@H]3NC)[C@H]2c2ccc(Cl)cc2Cl)c1)OC(C)(C)OC. The van der Waals surface area contributed by atoms with Crippen LogP contribution in [-0.4, -0.2) is 55.3 Å². The molecule has 0 bridgehead atoms. The maximum Gasteiger partial charge on any atom is 0.255 e. The molecule has 1 aliphatic heterocycles. The third-order valence-electron chi connectivity index (χ3n) is 8.99. The van der Waals surface area contributed by atoms with Gasteiger partial charge < -0.3 is 24.4 Å². The summed E-state index contributed by atoms with van der Waals surface area (Å²) in [5.74, 6) is -1.15. The lowest BCUT2D eigenvalue weighted by molar-refractivity contribution is -0.174. The summed E-state index contributed by atoms with van der Waals surface area (Å²) in [4.78, 5) is 36.3. The van der Waals surface area contributed by atoms with Gasteiger partial charge in [0, 0.05) is 48.6 Å². The van der Waals surface area contributed by atoms with Crippen molar-refractivity contribution in [2.75, 3.05) is 20.8 Å². The molecule has 0 aromatic heterocycles. The number of carbonyl (C=O) groups is 2. The Labute approximate surface area is 292 Å². The fourth-order valence-corrected chi connectivity index (χ4v) is 7.13. The molecule has 2 aliphatic rings. The van der Waals surface area contributed by atoms with E-state index >= 15 is 0 Å². The highest BCUT2D eigenvalue weighted by Crippen LogP contribution is 2.47. The quantitative estimate of drug-likeness (QED) is 0.110. The summed E-state index contributed by atoms with van der Waals surface area (Å²) in [5.41, 5.74) is 5.21. The minimum atomic E-state index is -0.819. The smallest absolute Gasteiger partial charge is 0.255 e. The molecule has 1 aliphatic carbocycles. The van der Waals surface area contributed by atoms with E-state index in [0.29, 0.717) is 38.2 Å². The van der Waals surface area contributed by atoms with Crippen molar-refractivity contribution in [3.63, 3.8) is 0 Å². The molecule has 4 atom stereocenters. The van der Waals surface area contributed by atoms with Gasteiger partial charge >= 0.3 is 0 Å². The molecule has 1 fully saturated rings. The first-order valence-corrected chi connectivity index (χ1v) is 16.9. The fraction of sp³-hybridized carbons (Fsp3) is 0.405. The molecule has 3 aromatic carbocycles. The third kappa shape index (κ3) is 8.15. The Hall–Kier alpha value is -3.60. The summed E-state index contributed by atoms with van der Waals surface area (Å²) in [6, 6.07) is 19.0. The van der Waals surface area contributed by atoms with E-state index in [2.05, 4.69) is 17.4 Å². The Morgan fingerprint density at radius 3 is 2.54 bits per heavy atom. The van der Waals surface area contributed by atoms with E-state index in [-0.39, 0.29) is 31.2 Å². The van der Waals surface area contributed by atoms with Gasteiger partial charge in [0.2, 0.25) is 5.79 Å². The zero-order valence-corrected chi connectivity index (χ0v) is 29.3. The van der Waals surface area contributed by atoms with Crippen LogP contribution < -0.4 is 15.5 Å². The van der Waals surface area contributed by atoms with Gasteiger partial charge in [0.1, 0.15) is 18.1 Å². The molecule has 256 valence electrons. The van der Waals surface area contributed by atoms with Gasteiger partial charge in [-0.1, -0.05) is 79.0 Å². The van der Waals surface area contributed by atoms with Gasteiger partial charge in [-0.05, 0) is 66.9 Å². The van der Waals surface area contributed by atoms with Crippen LogP contribution in [0, 0.1) is 0 Å². The third-order valence-corrected chi connectivity index (χ3v) is 9.55. The summed E-state index contributed by atoms with van der Waals surface area (Å²) in [6.07, 6.45) is 3.76. The van der Waals surface area contributed by atoms with Crippen LogP contribution in [0.3, 0.4) is 0 Å². The number of nitrogens with zero attached hydrogens (tertiary/aromatic N) is 1. The van der Waals surface area contributed by atoms with Crippen molar-refractivity contribution in [2.24, 2.45) is 0 Å². The second-order valence-corrected chi connectivity index (χ2v) is 13.4. The van der Waals surface area contributed by atoms with Crippen LogP contribution in [0.2, 0.25) is 10.0 Å². The highest BCUT2D eigenvalue weighted by Gasteiger charge is 2.49. The number of ether oxygens (including phenoxy) is 3. The molecule has 3 aromatic rings. The van der Waals surface area contributed by atoms with Crippen LogP contribution in [0.4, 0.5) is 0 Å². The van der Waals surface area contributed by atoms with E-state index in [4.69, 9.17) is 42.3 Å². The molecule has 11 heteroatoms. The summed E-state index contributed by atoms with van der Waals surface area (Å²) < 4.78 is 16.8. The normalized spacial score (nSPS) is 21.0. The van der Waals surface area contributed by atoms with Gasteiger partial charge in [-0.3, -0.25) is 14.4 Å². The van der Waals surface area contributed by atoms with Gasteiger partial charge in [0.15, 0.2) is 0 Å². The zero-order chi connectivity index (χ0) is 34.4. The first kappa shape index (κ1) is 35.7. The molecule has 2 amide bonds. The minimum Gasteiger partial charge on any atom is -0.486 e. The van der Waals surface area contributed by atoms with Gasteiger partial charge in [0.25, 0.3) is 11.8 Å². The lowest BCUT2D eigenvalue weighted by Gasteiger charge is -2.49. The van der Waals surface area contributed by atoms with Crippen molar-refractivity contribution in [3.05, 3.63) is 111 Å². The number of hydrogen-bond donors (Lipinski definition) is 2. The van der Waals surface area contributed by atoms with Crippen molar-refractivity contribution in [1.29, 1.82) is 0 Å². The standard InChI is InChI=1S/C37H43Cl2N3O6/c1-23(48-37(2,3)45-5)21-46-26-12-10-11-24(19-26)22-47-41-35(43)33-27-13-6-7-14-28(27)36(44)42(32-16-9-8-15-31(32)40-4)34(33)29-18-17-25(38)20-30(29)39/h6-7,10-14,17-20,31-34,40H,1,8-9,15-16,21-22H2,2-5H3,(H,41,43)/t31-,32-,33+,34-/m0/s1. The molecule has 9 nitrogen and oxygen atoms in total. The molecule has 48 heavy (non-hydrogen) atoms. The molecule has 1 saturated carbocycles. The summed E-state index contributed by atoms with van der Waals surface area (Å²) in [6.45, 7) is 7.68. The number of rotatable bonds is 13. The average molecular weight is 697 g/mol. The fourth-order valence-electron chi connectivity index (χ4n) is 6.61. The number of halogens is 2. The molecule has 2 N–H and O–H groups in total. The largest absolute Gasteiger partial charge is 0.486 e. The molecule has 5 rings (SSSR count). The number of benzene rings is 3. The number of carbonyl (C=O) groups excluding carboxylic acids is 2. The Morgan fingerprint density at radius 1 is 1.02 bits per heavy atom.